The van der Waals surface area contributed by atoms with Gasteiger partial charge in [-0.1, -0.05) is 25.5 Å². The van der Waals surface area contributed by atoms with Gasteiger partial charge in [0.15, 0.2) is 0 Å². The van der Waals surface area contributed by atoms with Gasteiger partial charge in [-0.2, -0.15) is 0 Å². The van der Waals surface area contributed by atoms with E-state index in [4.69, 9.17) is 4.74 Å². The van der Waals surface area contributed by atoms with Gasteiger partial charge in [0.1, 0.15) is 5.56 Å². The maximum Gasteiger partial charge on any atom is 0.341 e. The van der Waals surface area contributed by atoms with Crippen LogP contribution in [0.3, 0.4) is 0 Å². The summed E-state index contributed by atoms with van der Waals surface area (Å²) in [5.41, 5.74) is 4.50. The summed E-state index contributed by atoms with van der Waals surface area (Å²) in [4.78, 5) is 19.2. The third kappa shape index (κ3) is 4.48. The monoisotopic (exact) mass is 343 g/mol. The molecule has 0 aliphatic rings. The standard InChI is InChI=1S/C20H29N3O2/c1-6-23(7-2)10-9-21-19-16-12-14(4)11-15(5)18(16)22-13-17(19)20(24)25-8-3/h11-13H,6-10H2,1-5H3,(H,21,22). The Hall–Kier alpha value is -2.14. The number of ether oxygens (including phenoxy) is 1. The molecule has 5 nitrogen and oxygen atoms in total. The number of carbonyl (C=O) groups excluding carboxylic acids is 1. The molecular formula is C20H29N3O2. The Morgan fingerprint density at radius 1 is 1.20 bits per heavy atom. The predicted molar refractivity (Wildman–Crippen MR) is 103 cm³/mol. The summed E-state index contributed by atoms with van der Waals surface area (Å²) in [7, 11) is 0. The Bertz CT molecular complexity index is 739. The Balaban J connectivity index is 2.43. The van der Waals surface area contributed by atoms with Crippen LogP contribution in [-0.4, -0.2) is 48.6 Å². The molecule has 1 aromatic carbocycles. The summed E-state index contributed by atoms with van der Waals surface area (Å²) in [5.74, 6) is -0.332. The number of anilines is 1. The molecule has 0 spiro atoms. The number of hydrogen-bond donors (Lipinski definition) is 1. The van der Waals surface area contributed by atoms with Crippen LogP contribution in [0, 0.1) is 13.8 Å². The Morgan fingerprint density at radius 2 is 1.92 bits per heavy atom. The Kier molecular flexibility index (Phi) is 6.76. The number of carbonyl (C=O) groups is 1. The molecular weight excluding hydrogens is 314 g/mol. The van der Waals surface area contributed by atoms with Crippen molar-refractivity contribution in [1.82, 2.24) is 9.88 Å². The number of pyridine rings is 1. The van der Waals surface area contributed by atoms with Crippen molar-refractivity contribution in [2.45, 2.75) is 34.6 Å². The van der Waals surface area contributed by atoms with Crippen LogP contribution in [0.5, 0.6) is 0 Å². The molecule has 2 rings (SSSR count). The van der Waals surface area contributed by atoms with Gasteiger partial charge in [0, 0.05) is 24.7 Å². The largest absolute Gasteiger partial charge is 0.462 e. The average molecular weight is 343 g/mol. The van der Waals surface area contributed by atoms with Crippen LogP contribution in [0.2, 0.25) is 0 Å². The van der Waals surface area contributed by atoms with Crippen molar-refractivity contribution in [2.24, 2.45) is 0 Å². The Labute approximate surface area is 150 Å². The fourth-order valence-corrected chi connectivity index (χ4v) is 3.09. The highest BCUT2D eigenvalue weighted by molar-refractivity contribution is 6.05. The topological polar surface area (TPSA) is 54.5 Å². The van der Waals surface area contributed by atoms with E-state index in [-0.39, 0.29) is 5.97 Å². The van der Waals surface area contributed by atoms with Crippen LogP contribution < -0.4 is 5.32 Å². The van der Waals surface area contributed by atoms with Crippen molar-refractivity contribution >= 4 is 22.6 Å². The molecule has 0 aliphatic heterocycles. The third-order valence-electron chi connectivity index (χ3n) is 4.43. The van der Waals surface area contributed by atoms with Gasteiger partial charge in [-0.3, -0.25) is 4.98 Å². The quantitative estimate of drug-likeness (QED) is 0.739. The smallest absolute Gasteiger partial charge is 0.341 e. The number of benzene rings is 1. The number of aryl methyl sites for hydroxylation is 2. The first kappa shape index (κ1) is 19.2. The molecule has 1 heterocycles. The fraction of sp³-hybridized carbons (Fsp3) is 0.500. The van der Waals surface area contributed by atoms with E-state index in [0.29, 0.717) is 12.2 Å². The molecule has 0 bridgehead atoms. The minimum Gasteiger partial charge on any atom is -0.462 e. The molecule has 0 radical (unpaired) electrons. The zero-order valence-corrected chi connectivity index (χ0v) is 16.0. The number of hydrogen-bond acceptors (Lipinski definition) is 5. The molecule has 0 saturated heterocycles. The number of likely N-dealkylation sites (N-methyl/N-ethyl adjacent to an activating group) is 1. The minimum absolute atomic E-state index is 0.332. The average Bonchev–Trinajstić information content (AvgIpc) is 2.58. The van der Waals surface area contributed by atoms with Gasteiger partial charge in [-0.05, 0) is 45.5 Å². The molecule has 2 aromatic rings. The van der Waals surface area contributed by atoms with E-state index < -0.39 is 0 Å². The highest BCUT2D eigenvalue weighted by Crippen LogP contribution is 2.29. The first-order chi connectivity index (χ1) is 12.0. The minimum atomic E-state index is -0.332. The summed E-state index contributed by atoms with van der Waals surface area (Å²) in [6.07, 6.45) is 1.63. The predicted octanol–water partition coefficient (Wildman–Crippen LogP) is 3.78. The maximum absolute atomic E-state index is 12.4. The van der Waals surface area contributed by atoms with Crippen LogP contribution in [0.1, 0.15) is 42.3 Å². The number of nitrogens with zero attached hydrogens (tertiary/aromatic N) is 2. The van der Waals surface area contributed by atoms with E-state index >= 15 is 0 Å². The molecule has 0 atom stereocenters. The number of nitrogens with one attached hydrogen (secondary N) is 1. The molecule has 0 unspecified atom stereocenters. The van der Waals surface area contributed by atoms with Gasteiger partial charge in [0.25, 0.3) is 0 Å². The Morgan fingerprint density at radius 3 is 2.56 bits per heavy atom. The number of aromatic nitrogens is 1. The zero-order valence-electron chi connectivity index (χ0n) is 16.0. The van der Waals surface area contributed by atoms with Gasteiger partial charge >= 0.3 is 5.97 Å². The second-order valence-electron chi connectivity index (χ2n) is 6.20. The van der Waals surface area contributed by atoms with Crippen LogP contribution in [0.4, 0.5) is 5.69 Å². The molecule has 5 heteroatoms. The second-order valence-corrected chi connectivity index (χ2v) is 6.20. The molecule has 0 aliphatic carbocycles. The fourth-order valence-electron chi connectivity index (χ4n) is 3.09. The van der Waals surface area contributed by atoms with Crippen LogP contribution >= 0.6 is 0 Å². The summed E-state index contributed by atoms with van der Waals surface area (Å²) in [5, 5.41) is 4.44. The van der Waals surface area contributed by atoms with Gasteiger partial charge in [0.2, 0.25) is 0 Å². The van der Waals surface area contributed by atoms with Gasteiger partial charge in [-0.25, -0.2) is 4.79 Å². The van der Waals surface area contributed by atoms with Gasteiger partial charge in [0.05, 0.1) is 17.8 Å². The van der Waals surface area contributed by atoms with E-state index in [1.165, 1.54) is 0 Å². The lowest BCUT2D eigenvalue weighted by Crippen LogP contribution is -2.29. The van der Waals surface area contributed by atoms with E-state index in [0.717, 1.165) is 53.9 Å². The third-order valence-corrected chi connectivity index (χ3v) is 4.43. The van der Waals surface area contributed by atoms with Gasteiger partial charge in [-0.15, -0.1) is 0 Å². The summed E-state index contributed by atoms with van der Waals surface area (Å²) in [6.45, 7) is 14.3. The normalized spacial score (nSPS) is 11.1. The SMILES string of the molecule is CCOC(=O)c1cnc2c(C)cc(C)cc2c1NCCN(CC)CC. The molecule has 1 N–H and O–H groups in total. The van der Waals surface area contributed by atoms with E-state index in [1.807, 2.05) is 13.8 Å². The number of fused-ring (bicyclic) bond motifs is 1. The van der Waals surface area contributed by atoms with Crippen molar-refractivity contribution in [3.8, 4) is 0 Å². The van der Waals surface area contributed by atoms with E-state index in [2.05, 4.69) is 48.1 Å². The molecule has 0 amide bonds. The van der Waals surface area contributed by atoms with Crippen molar-refractivity contribution < 1.29 is 9.53 Å². The summed E-state index contributed by atoms with van der Waals surface area (Å²) < 4.78 is 5.22. The lowest BCUT2D eigenvalue weighted by atomic mass is 10.0. The van der Waals surface area contributed by atoms with Crippen molar-refractivity contribution in [3.05, 3.63) is 35.0 Å². The number of rotatable bonds is 8. The first-order valence-corrected chi connectivity index (χ1v) is 9.05. The van der Waals surface area contributed by atoms with Crippen molar-refractivity contribution in [3.63, 3.8) is 0 Å². The molecule has 0 saturated carbocycles. The summed E-state index contributed by atoms with van der Waals surface area (Å²) in [6, 6.07) is 4.19. The van der Waals surface area contributed by atoms with Gasteiger partial charge < -0.3 is 15.0 Å². The highest BCUT2D eigenvalue weighted by Gasteiger charge is 2.17. The molecule has 0 fully saturated rings. The zero-order chi connectivity index (χ0) is 18.4. The lowest BCUT2D eigenvalue weighted by molar-refractivity contribution is 0.0527. The molecule has 1 aromatic heterocycles. The van der Waals surface area contributed by atoms with Crippen LogP contribution in [0.25, 0.3) is 10.9 Å². The van der Waals surface area contributed by atoms with Crippen molar-refractivity contribution in [1.29, 1.82) is 0 Å². The van der Waals surface area contributed by atoms with Crippen molar-refractivity contribution in [2.75, 3.05) is 38.1 Å². The molecule has 136 valence electrons. The lowest BCUT2D eigenvalue weighted by Gasteiger charge is -2.20. The van der Waals surface area contributed by atoms with E-state index in [9.17, 15) is 4.79 Å². The molecule has 25 heavy (non-hydrogen) atoms. The second kappa shape index (κ2) is 8.81. The van der Waals surface area contributed by atoms with E-state index in [1.54, 1.807) is 6.20 Å². The van der Waals surface area contributed by atoms with Crippen LogP contribution in [-0.2, 0) is 4.74 Å². The first-order valence-electron chi connectivity index (χ1n) is 9.05. The highest BCUT2D eigenvalue weighted by atomic mass is 16.5. The summed E-state index contributed by atoms with van der Waals surface area (Å²) >= 11 is 0. The maximum atomic E-state index is 12.4. The van der Waals surface area contributed by atoms with Crippen LogP contribution in [0.15, 0.2) is 18.3 Å². The number of esters is 1.